The maximum atomic E-state index is 13.8. The number of nitrogens with zero attached hydrogens (tertiary/aromatic N) is 1. The van der Waals surface area contributed by atoms with Gasteiger partial charge in [-0.05, 0) is 19.8 Å². The number of likely N-dealkylation sites (N-methyl/N-ethyl adjacent to an activating group) is 1. The number of Topliss-reactive ketones (excluding diaryl/α,β-unsaturated/α-hetero) is 1. The first-order valence-corrected chi connectivity index (χ1v) is 9.06. The Bertz CT molecular complexity index is 860. The second kappa shape index (κ2) is 9.69. The molecule has 0 aromatic heterocycles. The van der Waals surface area contributed by atoms with E-state index in [0.29, 0.717) is 6.92 Å². The standard InChI is InChI=1S/C19H22F5NO6/c1-6-7(2)14(25(5)17(28)8(3)26)16(27)19(4,30)18(29)31-15-12(23)10(21)9(20)11(22)13(15)24/h7-8,14,26,30H,6H2,1-5H3/t7-,8?,14-,19-/m0/s1. The number of carbonyl (C=O) groups is 3. The number of ketones is 1. The van der Waals surface area contributed by atoms with Gasteiger partial charge in [0.25, 0.3) is 5.91 Å². The molecule has 1 aromatic carbocycles. The molecule has 2 N–H and O–H groups in total. The Labute approximate surface area is 174 Å². The first-order valence-electron chi connectivity index (χ1n) is 9.06. The van der Waals surface area contributed by atoms with Crippen LogP contribution in [0.4, 0.5) is 22.0 Å². The molecule has 0 saturated carbocycles. The van der Waals surface area contributed by atoms with Gasteiger partial charge in [-0.25, -0.2) is 18.0 Å². The van der Waals surface area contributed by atoms with Crippen molar-refractivity contribution in [2.75, 3.05) is 7.05 Å². The highest BCUT2D eigenvalue weighted by atomic mass is 19.2. The minimum absolute atomic E-state index is 0.261. The maximum absolute atomic E-state index is 13.8. The van der Waals surface area contributed by atoms with Gasteiger partial charge in [0.05, 0.1) is 6.04 Å². The third-order valence-corrected chi connectivity index (χ3v) is 4.82. The van der Waals surface area contributed by atoms with E-state index >= 15 is 0 Å². The Balaban J connectivity index is 3.36. The minimum atomic E-state index is -3.15. The number of hydrogen-bond acceptors (Lipinski definition) is 6. The van der Waals surface area contributed by atoms with Crippen LogP contribution in [0.1, 0.15) is 34.1 Å². The molecule has 1 aromatic rings. The minimum Gasteiger partial charge on any atom is -0.418 e. The molecule has 7 nitrogen and oxygen atoms in total. The highest BCUT2D eigenvalue weighted by Crippen LogP contribution is 2.31. The van der Waals surface area contributed by atoms with Crippen LogP contribution in [0, 0.1) is 35.0 Å². The number of halogens is 5. The molecule has 4 atom stereocenters. The molecule has 0 saturated heterocycles. The van der Waals surface area contributed by atoms with E-state index in [0.717, 1.165) is 18.9 Å². The highest BCUT2D eigenvalue weighted by Gasteiger charge is 2.48. The van der Waals surface area contributed by atoms with Crippen LogP contribution in [-0.2, 0) is 14.4 Å². The summed E-state index contributed by atoms with van der Waals surface area (Å²) in [5.41, 5.74) is -3.15. The second-order valence-corrected chi connectivity index (χ2v) is 7.18. The molecule has 1 rings (SSSR count). The summed E-state index contributed by atoms with van der Waals surface area (Å²) in [4.78, 5) is 38.1. The van der Waals surface area contributed by atoms with E-state index in [1.165, 1.54) is 6.92 Å². The summed E-state index contributed by atoms with van der Waals surface area (Å²) in [6.07, 6.45) is -1.27. The fourth-order valence-electron chi connectivity index (χ4n) is 2.73. The van der Waals surface area contributed by atoms with Gasteiger partial charge in [0, 0.05) is 7.05 Å². The van der Waals surface area contributed by atoms with E-state index in [1.807, 2.05) is 0 Å². The molecule has 12 heteroatoms. The number of esters is 1. The van der Waals surface area contributed by atoms with Gasteiger partial charge in [-0.3, -0.25) is 9.59 Å². The lowest BCUT2D eigenvalue weighted by atomic mass is 9.85. The first-order chi connectivity index (χ1) is 14.1. The number of amides is 1. The van der Waals surface area contributed by atoms with Gasteiger partial charge in [0.2, 0.25) is 40.4 Å². The van der Waals surface area contributed by atoms with E-state index in [9.17, 15) is 46.5 Å². The Morgan fingerprint density at radius 2 is 1.42 bits per heavy atom. The number of ether oxygens (including phenoxy) is 1. The van der Waals surface area contributed by atoms with Gasteiger partial charge in [0.1, 0.15) is 6.10 Å². The average Bonchev–Trinajstić information content (AvgIpc) is 2.72. The summed E-state index contributed by atoms with van der Waals surface area (Å²) in [7, 11) is 1.12. The Morgan fingerprint density at radius 1 is 1.00 bits per heavy atom. The third-order valence-electron chi connectivity index (χ3n) is 4.82. The summed E-state index contributed by atoms with van der Waals surface area (Å²) >= 11 is 0. The van der Waals surface area contributed by atoms with Gasteiger partial charge >= 0.3 is 5.97 Å². The predicted octanol–water partition coefficient (Wildman–Crippen LogP) is 1.86. The van der Waals surface area contributed by atoms with Crippen LogP contribution in [0.5, 0.6) is 5.75 Å². The van der Waals surface area contributed by atoms with Gasteiger partial charge < -0.3 is 19.8 Å². The Hall–Kier alpha value is -2.60. The van der Waals surface area contributed by atoms with E-state index in [1.54, 1.807) is 6.92 Å². The fraction of sp³-hybridized carbons (Fsp3) is 0.526. The van der Waals surface area contributed by atoms with Gasteiger partial charge in [-0.1, -0.05) is 20.3 Å². The van der Waals surface area contributed by atoms with Crippen LogP contribution in [0.2, 0.25) is 0 Å². The summed E-state index contributed by atoms with van der Waals surface area (Å²) in [5.74, 6) is -19.2. The van der Waals surface area contributed by atoms with Crippen molar-refractivity contribution in [3.05, 3.63) is 29.1 Å². The van der Waals surface area contributed by atoms with Crippen molar-refractivity contribution in [2.45, 2.75) is 51.9 Å². The number of benzene rings is 1. The molecule has 0 spiro atoms. The number of aliphatic hydroxyl groups excluding tert-OH is 1. The van der Waals surface area contributed by atoms with Gasteiger partial charge in [-0.15, -0.1) is 0 Å². The van der Waals surface area contributed by atoms with Crippen molar-refractivity contribution in [1.82, 2.24) is 4.90 Å². The number of rotatable bonds is 8. The fourth-order valence-corrected chi connectivity index (χ4v) is 2.73. The van der Waals surface area contributed by atoms with Crippen molar-refractivity contribution < 1.29 is 51.3 Å². The SMILES string of the molecule is CC[C@H](C)[C@@H](C(=O)[C@](C)(O)C(=O)Oc1c(F)c(F)c(F)c(F)c1F)N(C)C(=O)C(C)O. The molecule has 174 valence electrons. The summed E-state index contributed by atoms with van der Waals surface area (Å²) in [6.45, 7) is 4.81. The van der Waals surface area contributed by atoms with Crippen LogP contribution in [-0.4, -0.2) is 57.6 Å². The van der Waals surface area contributed by atoms with Crippen molar-refractivity contribution in [3.63, 3.8) is 0 Å². The maximum Gasteiger partial charge on any atom is 0.351 e. The lowest BCUT2D eigenvalue weighted by Crippen LogP contribution is -2.59. The first kappa shape index (κ1) is 26.4. The van der Waals surface area contributed by atoms with E-state index in [-0.39, 0.29) is 6.42 Å². The van der Waals surface area contributed by atoms with E-state index in [2.05, 4.69) is 4.74 Å². The van der Waals surface area contributed by atoms with Crippen molar-refractivity contribution in [3.8, 4) is 5.75 Å². The smallest absolute Gasteiger partial charge is 0.351 e. The average molecular weight is 455 g/mol. The summed E-state index contributed by atoms with van der Waals surface area (Å²) in [5, 5.41) is 19.9. The van der Waals surface area contributed by atoms with Gasteiger partial charge in [-0.2, -0.15) is 8.78 Å². The largest absolute Gasteiger partial charge is 0.418 e. The molecule has 0 heterocycles. The quantitative estimate of drug-likeness (QED) is 0.155. The highest BCUT2D eigenvalue weighted by molar-refractivity contribution is 6.10. The zero-order valence-electron chi connectivity index (χ0n) is 17.3. The third kappa shape index (κ3) is 5.01. The second-order valence-electron chi connectivity index (χ2n) is 7.18. The van der Waals surface area contributed by atoms with Crippen LogP contribution in [0.3, 0.4) is 0 Å². The zero-order valence-corrected chi connectivity index (χ0v) is 17.3. The number of aliphatic hydroxyl groups is 2. The molecule has 0 bridgehead atoms. The van der Waals surface area contributed by atoms with Crippen LogP contribution >= 0.6 is 0 Å². The molecule has 31 heavy (non-hydrogen) atoms. The molecule has 0 aliphatic carbocycles. The molecule has 0 aliphatic rings. The molecule has 0 radical (unpaired) electrons. The molecule has 0 aliphatic heterocycles. The molecule has 0 fully saturated rings. The lowest BCUT2D eigenvalue weighted by molar-refractivity contribution is -0.166. The monoisotopic (exact) mass is 455 g/mol. The summed E-state index contributed by atoms with van der Waals surface area (Å²) < 4.78 is 71.5. The topological polar surface area (TPSA) is 104 Å². The number of carbonyl (C=O) groups excluding carboxylic acids is 3. The normalized spacial score (nSPS) is 16.1. The van der Waals surface area contributed by atoms with Crippen LogP contribution < -0.4 is 4.74 Å². The van der Waals surface area contributed by atoms with Gasteiger partial charge in [0.15, 0.2) is 5.78 Å². The lowest BCUT2D eigenvalue weighted by Gasteiger charge is -2.35. The van der Waals surface area contributed by atoms with Crippen LogP contribution in [0.25, 0.3) is 0 Å². The van der Waals surface area contributed by atoms with E-state index < -0.39 is 76.2 Å². The molecule has 1 amide bonds. The Kier molecular flexibility index (Phi) is 8.26. The van der Waals surface area contributed by atoms with Crippen molar-refractivity contribution in [1.29, 1.82) is 0 Å². The molecular weight excluding hydrogens is 433 g/mol. The van der Waals surface area contributed by atoms with E-state index in [4.69, 9.17) is 0 Å². The molecule has 1 unspecified atom stereocenters. The van der Waals surface area contributed by atoms with Crippen LogP contribution in [0.15, 0.2) is 0 Å². The Morgan fingerprint density at radius 3 is 1.81 bits per heavy atom. The molecular formula is C19H22F5NO6. The van der Waals surface area contributed by atoms with Crippen molar-refractivity contribution in [2.24, 2.45) is 5.92 Å². The predicted molar refractivity (Wildman–Crippen MR) is 95.2 cm³/mol. The zero-order chi connectivity index (χ0) is 24.4. The summed E-state index contributed by atoms with van der Waals surface area (Å²) in [6, 6.07) is -1.49. The number of hydrogen-bond donors (Lipinski definition) is 2. The van der Waals surface area contributed by atoms with Crippen molar-refractivity contribution >= 4 is 17.7 Å².